The summed E-state index contributed by atoms with van der Waals surface area (Å²) in [5, 5.41) is 16.6. The molecule has 0 aliphatic heterocycles. The van der Waals surface area contributed by atoms with Gasteiger partial charge in [0, 0.05) is 17.4 Å². The van der Waals surface area contributed by atoms with Crippen molar-refractivity contribution in [2.24, 2.45) is 5.73 Å². The van der Waals surface area contributed by atoms with E-state index in [0.29, 0.717) is 6.42 Å². The summed E-state index contributed by atoms with van der Waals surface area (Å²) in [5.41, 5.74) is 9.07. The fraction of sp³-hybridized carbons (Fsp3) is 0.455. The van der Waals surface area contributed by atoms with Crippen molar-refractivity contribution in [1.82, 2.24) is 19.5 Å². The number of aromatic nitrogens is 4. The van der Waals surface area contributed by atoms with E-state index in [1.165, 1.54) is 0 Å². The lowest BCUT2D eigenvalue weighted by atomic mass is 10.1. The molecule has 0 amide bonds. The Morgan fingerprint density at radius 2 is 1.94 bits per heavy atom. The van der Waals surface area contributed by atoms with Crippen LogP contribution >= 0.6 is 12.4 Å². The third-order valence-electron chi connectivity index (χ3n) is 2.85. The van der Waals surface area contributed by atoms with Gasteiger partial charge in [0.05, 0.1) is 6.61 Å². The predicted molar refractivity (Wildman–Crippen MR) is 70.7 cm³/mol. The lowest BCUT2D eigenvalue weighted by Gasteiger charge is -2.10. The molecule has 2 aromatic heterocycles. The number of nitrogens with two attached hydrogens (primary N) is 1. The van der Waals surface area contributed by atoms with Crippen LogP contribution in [0.4, 0.5) is 0 Å². The number of aliphatic hydroxyl groups is 1. The van der Waals surface area contributed by atoms with Gasteiger partial charge in [-0.2, -0.15) is 0 Å². The Kier molecular flexibility index (Phi) is 4.89. The van der Waals surface area contributed by atoms with Crippen molar-refractivity contribution in [3.05, 3.63) is 35.7 Å². The molecule has 18 heavy (non-hydrogen) atoms. The topological polar surface area (TPSA) is 81.9 Å². The molecule has 7 heteroatoms. The van der Waals surface area contributed by atoms with E-state index in [1.54, 1.807) is 12.7 Å². The third-order valence-corrected chi connectivity index (χ3v) is 2.85. The van der Waals surface area contributed by atoms with Gasteiger partial charge in [-0.25, -0.2) is 4.68 Å². The first kappa shape index (κ1) is 14.7. The number of halogens is 1. The minimum atomic E-state index is -0.218. The highest BCUT2D eigenvalue weighted by molar-refractivity contribution is 5.85. The molecule has 0 aromatic carbocycles. The van der Waals surface area contributed by atoms with E-state index in [4.69, 9.17) is 10.8 Å². The van der Waals surface area contributed by atoms with E-state index >= 15 is 0 Å². The molecule has 6 nitrogen and oxygen atoms in total. The van der Waals surface area contributed by atoms with Gasteiger partial charge < -0.3 is 10.8 Å². The van der Waals surface area contributed by atoms with E-state index < -0.39 is 0 Å². The first-order valence-electron chi connectivity index (χ1n) is 5.53. The largest absolute Gasteiger partial charge is 0.395 e. The molecule has 2 heterocycles. The molecule has 0 fully saturated rings. The smallest absolute Gasteiger partial charge is 0.139 e. The Bertz CT molecular complexity index is 494. The Balaban J connectivity index is 0.00000162. The van der Waals surface area contributed by atoms with Gasteiger partial charge in [-0.15, -0.1) is 22.6 Å². The zero-order chi connectivity index (χ0) is 12.4. The second kappa shape index (κ2) is 5.99. The van der Waals surface area contributed by atoms with Gasteiger partial charge in [0.2, 0.25) is 0 Å². The average Bonchev–Trinajstić information content (AvgIpc) is 2.88. The lowest BCUT2D eigenvalue weighted by molar-refractivity contribution is 0.265. The highest BCUT2D eigenvalue weighted by Crippen LogP contribution is 2.16. The summed E-state index contributed by atoms with van der Waals surface area (Å²) in [7, 11) is 0. The summed E-state index contributed by atoms with van der Waals surface area (Å²) in [6, 6.07) is 1.86. The number of hydrogen-bond donors (Lipinski definition) is 2. The van der Waals surface area contributed by atoms with E-state index in [1.807, 2.05) is 23.2 Å². The normalized spacial score (nSPS) is 12.2. The molecular formula is C11H18ClN5O. The first-order chi connectivity index (χ1) is 8.13. The summed E-state index contributed by atoms with van der Waals surface area (Å²) < 4.78 is 3.83. The summed E-state index contributed by atoms with van der Waals surface area (Å²) >= 11 is 0. The van der Waals surface area contributed by atoms with Crippen LogP contribution in [0.1, 0.15) is 17.0 Å². The molecule has 0 saturated carbocycles. The molecule has 3 N–H and O–H groups in total. The standard InChI is InChI=1S/C11H17N5O.ClH/c1-8-3-10(4-11(12)5-17)9(2)16(8)15-6-13-14-7-15;/h3,6-7,11,17H,4-5,12H2,1-2H3;1H. The van der Waals surface area contributed by atoms with Crippen LogP contribution in [-0.4, -0.2) is 37.3 Å². The molecule has 1 unspecified atom stereocenters. The number of nitrogens with zero attached hydrogens (tertiary/aromatic N) is 4. The van der Waals surface area contributed by atoms with Gasteiger partial charge in [-0.3, -0.25) is 4.68 Å². The van der Waals surface area contributed by atoms with Gasteiger partial charge in [-0.1, -0.05) is 0 Å². The van der Waals surface area contributed by atoms with Crippen molar-refractivity contribution in [3.8, 4) is 0 Å². The van der Waals surface area contributed by atoms with E-state index in [9.17, 15) is 0 Å². The summed E-state index contributed by atoms with van der Waals surface area (Å²) in [6.07, 6.45) is 3.96. The number of aliphatic hydroxyl groups excluding tert-OH is 1. The fourth-order valence-electron chi connectivity index (χ4n) is 2.03. The average molecular weight is 272 g/mol. The molecule has 0 saturated heterocycles. The van der Waals surface area contributed by atoms with Crippen molar-refractivity contribution < 1.29 is 5.11 Å². The fourth-order valence-corrected chi connectivity index (χ4v) is 2.03. The van der Waals surface area contributed by atoms with Crippen LogP contribution < -0.4 is 5.73 Å². The van der Waals surface area contributed by atoms with Gasteiger partial charge in [-0.05, 0) is 31.9 Å². The second-order valence-corrected chi connectivity index (χ2v) is 4.20. The van der Waals surface area contributed by atoms with Crippen LogP contribution in [0.2, 0.25) is 0 Å². The van der Waals surface area contributed by atoms with Crippen LogP contribution in [0.5, 0.6) is 0 Å². The van der Waals surface area contributed by atoms with Crippen molar-refractivity contribution in [3.63, 3.8) is 0 Å². The van der Waals surface area contributed by atoms with Crippen LogP contribution in [0.3, 0.4) is 0 Å². The third kappa shape index (κ3) is 2.72. The molecule has 100 valence electrons. The Labute approximate surface area is 112 Å². The summed E-state index contributed by atoms with van der Waals surface area (Å²) in [4.78, 5) is 0. The molecule has 0 spiro atoms. The van der Waals surface area contributed by atoms with Crippen molar-refractivity contribution in [2.75, 3.05) is 6.61 Å². The van der Waals surface area contributed by atoms with E-state index in [-0.39, 0.29) is 25.1 Å². The van der Waals surface area contributed by atoms with Crippen molar-refractivity contribution in [2.45, 2.75) is 26.3 Å². The number of hydrogen-bond acceptors (Lipinski definition) is 4. The Morgan fingerprint density at radius 3 is 2.50 bits per heavy atom. The summed E-state index contributed by atoms with van der Waals surface area (Å²) in [6.45, 7) is 4.03. The van der Waals surface area contributed by atoms with Gasteiger partial charge in [0.25, 0.3) is 0 Å². The number of aryl methyl sites for hydroxylation is 1. The SMILES string of the molecule is Cc1cc(CC(N)CO)c(C)n1-n1cnnc1.Cl. The molecule has 0 radical (unpaired) electrons. The van der Waals surface area contributed by atoms with Gasteiger partial charge in [0.15, 0.2) is 0 Å². The lowest BCUT2D eigenvalue weighted by Crippen LogP contribution is -2.27. The van der Waals surface area contributed by atoms with Crippen LogP contribution in [-0.2, 0) is 6.42 Å². The van der Waals surface area contributed by atoms with E-state index in [2.05, 4.69) is 16.3 Å². The number of rotatable bonds is 4. The maximum atomic E-state index is 8.99. The molecule has 1 atom stereocenters. The Morgan fingerprint density at radius 1 is 1.33 bits per heavy atom. The second-order valence-electron chi connectivity index (χ2n) is 4.20. The molecule has 0 bridgehead atoms. The van der Waals surface area contributed by atoms with E-state index in [0.717, 1.165) is 17.0 Å². The van der Waals surface area contributed by atoms with Gasteiger partial charge in [0.1, 0.15) is 12.7 Å². The zero-order valence-corrected chi connectivity index (χ0v) is 11.3. The first-order valence-corrected chi connectivity index (χ1v) is 5.53. The molecule has 2 rings (SSSR count). The molecule has 2 aromatic rings. The van der Waals surface area contributed by atoms with Crippen molar-refractivity contribution in [1.29, 1.82) is 0 Å². The van der Waals surface area contributed by atoms with Crippen LogP contribution in [0.25, 0.3) is 0 Å². The van der Waals surface area contributed by atoms with Crippen LogP contribution in [0.15, 0.2) is 18.7 Å². The maximum Gasteiger partial charge on any atom is 0.139 e. The highest BCUT2D eigenvalue weighted by atomic mass is 35.5. The molecule has 0 aliphatic carbocycles. The zero-order valence-electron chi connectivity index (χ0n) is 10.4. The minimum absolute atomic E-state index is 0. The predicted octanol–water partition coefficient (Wildman–Crippen LogP) is 0.292. The van der Waals surface area contributed by atoms with Gasteiger partial charge >= 0.3 is 0 Å². The molecular weight excluding hydrogens is 254 g/mol. The minimum Gasteiger partial charge on any atom is -0.395 e. The summed E-state index contributed by atoms with van der Waals surface area (Å²) in [5.74, 6) is 0. The highest BCUT2D eigenvalue weighted by Gasteiger charge is 2.12. The maximum absolute atomic E-state index is 8.99. The Hall–Kier alpha value is -1.37. The molecule has 0 aliphatic rings. The quantitative estimate of drug-likeness (QED) is 0.838. The monoisotopic (exact) mass is 271 g/mol. The van der Waals surface area contributed by atoms with Crippen LogP contribution in [0, 0.1) is 13.8 Å². The van der Waals surface area contributed by atoms with Crippen molar-refractivity contribution >= 4 is 12.4 Å².